The Balaban J connectivity index is 2.19. The van der Waals surface area contributed by atoms with Crippen LogP contribution in [0.4, 0.5) is 0 Å². The Kier molecular flexibility index (Phi) is 3.98. The van der Waals surface area contributed by atoms with E-state index in [1.165, 1.54) is 0 Å². The van der Waals surface area contributed by atoms with Gasteiger partial charge in [-0.05, 0) is 12.8 Å². The first-order valence-electron chi connectivity index (χ1n) is 4.75. The third-order valence-corrected chi connectivity index (χ3v) is 1.78. The van der Waals surface area contributed by atoms with Crippen molar-refractivity contribution >= 4 is 0 Å². The summed E-state index contributed by atoms with van der Waals surface area (Å²) < 4.78 is 16.2. The van der Waals surface area contributed by atoms with E-state index in [4.69, 9.17) is 14.2 Å². The van der Waals surface area contributed by atoms with E-state index in [2.05, 4.69) is 13.8 Å². The first-order chi connectivity index (χ1) is 5.83. The Morgan fingerprint density at radius 1 is 1.17 bits per heavy atom. The van der Waals surface area contributed by atoms with Crippen molar-refractivity contribution in [3.8, 4) is 0 Å². The smallest absolute Gasteiger partial charge is 0.285 e. The topological polar surface area (TPSA) is 27.7 Å². The molecule has 0 N–H and O–H groups in total. The molecule has 0 aromatic heterocycles. The molecule has 12 heavy (non-hydrogen) atoms. The first kappa shape index (κ1) is 9.96. The third kappa shape index (κ3) is 2.44. The van der Waals surface area contributed by atoms with Crippen molar-refractivity contribution in [3.05, 3.63) is 0 Å². The predicted octanol–water partition coefficient (Wildman–Crippen LogP) is 1.91. The molecule has 1 fully saturated rings. The highest BCUT2D eigenvalue weighted by Crippen LogP contribution is 2.29. The Morgan fingerprint density at radius 3 is 1.92 bits per heavy atom. The average Bonchev–Trinajstić information content (AvgIpc) is 2.02. The van der Waals surface area contributed by atoms with Crippen LogP contribution >= 0.6 is 0 Å². The van der Waals surface area contributed by atoms with Crippen molar-refractivity contribution in [2.45, 2.75) is 39.1 Å². The fourth-order valence-corrected chi connectivity index (χ4v) is 1.05. The molecule has 0 saturated carbocycles. The lowest BCUT2D eigenvalue weighted by Crippen LogP contribution is -2.49. The van der Waals surface area contributed by atoms with Gasteiger partial charge in [0.05, 0.1) is 26.2 Å². The van der Waals surface area contributed by atoms with Crippen molar-refractivity contribution < 1.29 is 14.2 Å². The molecule has 0 unspecified atom stereocenters. The van der Waals surface area contributed by atoms with Crippen LogP contribution < -0.4 is 0 Å². The van der Waals surface area contributed by atoms with Crippen LogP contribution in [0.1, 0.15) is 33.1 Å². The van der Waals surface area contributed by atoms with Gasteiger partial charge in [-0.2, -0.15) is 0 Å². The largest absolute Gasteiger partial charge is 0.327 e. The molecule has 0 spiro atoms. The third-order valence-electron chi connectivity index (χ3n) is 1.78. The summed E-state index contributed by atoms with van der Waals surface area (Å²) in [5.74, 6) is -0.675. The second-order valence-corrected chi connectivity index (χ2v) is 2.98. The molecule has 0 amide bonds. The molecule has 0 bridgehead atoms. The van der Waals surface area contributed by atoms with E-state index >= 15 is 0 Å². The minimum atomic E-state index is -0.675. The summed E-state index contributed by atoms with van der Waals surface area (Å²) in [5.41, 5.74) is 0. The molecule has 72 valence electrons. The highest BCUT2D eigenvalue weighted by Gasteiger charge is 2.40. The van der Waals surface area contributed by atoms with Crippen molar-refractivity contribution in [1.82, 2.24) is 0 Å². The quantitative estimate of drug-likeness (QED) is 0.576. The van der Waals surface area contributed by atoms with Crippen LogP contribution in [-0.2, 0) is 14.2 Å². The fourth-order valence-electron chi connectivity index (χ4n) is 1.05. The van der Waals surface area contributed by atoms with Crippen LogP contribution in [0.25, 0.3) is 0 Å². The van der Waals surface area contributed by atoms with Crippen LogP contribution in [0, 0.1) is 0 Å². The lowest BCUT2D eigenvalue weighted by Gasteiger charge is -2.40. The van der Waals surface area contributed by atoms with Gasteiger partial charge in [0.15, 0.2) is 0 Å². The molecular weight excluding hydrogens is 156 g/mol. The van der Waals surface area contributed by atoms with Gasteiger partial charge in [-0.3, -0.25) is 0 Å². The average molecular weight is 174 g/mol. The first-order valence-corrected chi connectivity index (χ1v) is 4.75. The molecule has 1 heterocycles. The van der Waals surface area contributed by atoms with E-state index in [9.17, 15) is 0 Å². The van der Waals surface area contributed by atoms with E-state index in [1.54, 1.807) is 0 Å². The number of rotatable bonds is 6. The van der Waals surface area contributed by atoms with Gasteiger partial charge in [0.2, 0.25) is 0 Å². The van der Waals surface area contributed by atoms with Crippen LogP contribution in [0.5, 0.6) is 0 Å². The molecule has 1 aliphatic rings. The summed E-state index contributed by atoms with van der Waals surface area (Å²) in [6.45, 7) is 6.33. The SMILES string of the molecule is CCCOC1(OCCC)CCO1. The van der Waals surface area contributed by atoms with E-state index in [0.717, 1.165) is 25.9 Å². The standard InChI is InChI=1S/C9H18O3/c1-3-6-10-9(5-8-12-9)11-7-4-2/h3-8H2,1-2H3. The molecule has 3 heteroatoms. The van der Waals surface area contributed by atoms with Crippen molar-refractivity contribution in [1.29, 1.82) is 0 Å². The molecular formula is C9H18O3. The molecule has 0 aromatic carbocycles. The summed E-state index contributed by atoms with van der Waals surface area (Å²) in [6, 6.07) is 0. The van der Waals surface area contributed by atoms with Gasteiger partial charge in [0.25, 0.3) is 5.97 Å². The summed E-state index contributed by atoms with van der Waals surface area (Å²) in [7, 11) is 0. The van der Waals surface area contributed by atoms with Gasteiger partial charge in [-0.1, -0.05) is 13.8 Å². The van der Waals surface area contributed by atoms with Crippen molar-refractivity contribution in [3.63, 3.8) is 0 Å². The maximum absolute atomic E-state index is 5.47. The van der Waals surface area contributed by atoms with Gasteiger partial charge >= 0.3 is 0 Å². The highest BCUT2D eigenvalue weighted by molar-refractivity contribution is 4.66. The molecule has 0 atom stereocenters. The molecule has 0 radical (unpaired) electrons. The van der Waals surface area contributed by atoms with Gasteiger partial charge < -0.3 is 14.2 Å². The maximum atomic E-state index is 5.47. The second kappa shape index (κ2) is 4.80. The summed E-state index contributed by atoms with van der Waals surface area (Å²) in [5, 5.41) is 0. The summed E-state index contributed by atoms with van der Waals surface area (Å²) in [4.78, 5) is 0. The maximum Gasteiger partial charge on any atom is 0.285 e. The minimum absolute atomic E-state index is 0.675. The Labute approximate surface area is 74.0 Å². The number of ether oxygens (including phenoxy) is 3. The molecule has 1 rings (SSSR count). The van der Waals surface area contributed by atoms with Crippen molar-refractivity contribution in [2.75, 3.05) is 19.8 Å². The molecule has 3 nitrogen and oxygen atoms in total. The number of hydrogen-bond donors (Lipinski definition) is 0. The van der Waals surface area contributed by atoms with Crippen LogP contribution in [0.15, 0.2) is 0 Å². The molecule has 1 aliphatic heterocycles. The molecule has 0 aliphatic carbocycles. The van der Waals surface area contributed by atoms with Gasteiger partial charge in [-0.25, -0.2) is 0 Å². The fraction of sp³-hybridized carbons (Fsp3) is 1.00. The number of hydrogen-bond acceptors (Lipinski definition) is 3. The van der Waals surface area contributed by atoms with Gasteiger partial charge in [0, 0.05) is 0 Å². The Morgan fingerprint density at radius 2 is 1.67 bits per heavy atom. The van der Waals surface area contributed by atoms with Crippen molar-refractivity contribution in [2.24, 2.45) is 0 Å². The van der Waals surface area contributed by atoms with Gasteiger partial charge in [-0.15, -0.1) is 0 Å². The summed E-state index contributed by atoms with van der Waals surface area (Å²) >= 11 is 0. The monoisotopic (exact) mass is 174 g/mol. The lowest BCUT2D eigenvalue weighted by molar-refractivity contribution is -0.435. The Hall–Kier alpha value is -0.120. The zero-order chi connectivity index (χ0) is 8.86. The predicted molar refractivity (Wildman–Crippen MR) is 45.8 cm³/mol. The van der Waals surface area contributed by atoms with E-state index in [0.29, 0.717) is 13.2 Å². The molecule has 0 aromatic rings. The normalized spacial score (nSPS) is 20.5. The second-order valence-electron chi connectivity index (χ2n) is 2.98. The van der Waals surface area contributed by atoms with Crippen LogP contribution in [-0.4, -0.2) is 25.8 Å². The zero-order valence-electron chi connectivity index (χ0n) is 7.97. The highest BCUT2D eigenvalue weighted by atomic mass is 16.9. The molecule has 1 saturated heterocycles. The lowest BCUT2D eigenvalue weighted by atomic mass is 10.3. The van der Waals surface area contributed by atoms with Crippen LogP contribution in [0.2, 0.25) is 0 Å². The Bertz CT molecular complexity index is 111. The minimum Gasteiger partial charge on any atom is -0.327 e. The zero-order valence-corrected chi connectivity index (χ0v) is 7.97. The van der Waals surface area contributed by atoms with E-state index < -0.39 is 5.97 Å². The van der Waals surface area contributed by atoms with Crippen LogP contribution in [0.3, 0.4) is 0 Å². The van der Waals surface area contributed by atoms with Gasteiger partial charge in [0.1, 0.15) is 0 Å². The summed E-state index contributed by atoms with van der Waals surface area (Å²) in [6.07, 6.45) is 2.87. The van der Waals surface area contributed by atoms with E-state index in [1.807, 2.05) is 0 Å². The van der Waals surface area contributed by atoms with E-state index in [-0.39, 0.29) is 0 Å².